The molecule has 0 aromatic heterocycles. The normalized spacial score (nSPS) is 22.4. The quantitative estimate of drug-likeness (QED) is 0.799. The molecule has 1 aliphatic rings. The first-order valence-corrected chi connectivity index (χ1v) is 7.42. The Balaban J connectivity index is 2.47. The molecule has 106 valence electrons. The number of aryl methyl sites for hydroxylation is 1. The van der Waals surface area contributed by atoms with Gasteiger partial charge in [-0.05, 0) is 25.1 Å². The van der Waals surface area contributed by atoms with Crippen LogP contribution in [0.4, 0.5) is 4.79 Å². The van der Waals surface area contributed by atoms with E-state index in [1.54, 1.807) is 12.1 Å². The Morgan fingerprint density at radius 1 is 1.20 bits per heavy atom. The summed E-state index contributed by atoms with van der Waals surface area (Å²) in [4.78, 5) is 11.9. The number of benzene rings is 1. The van der Waals surface area contributed by atoms with Crippen LogP contribution in [0.1, 0.15) is 5.56 Å². The Kier molecular flexibility index (Phi) is 3.67. The molecule has 1 saturated heterocycles. The predicted octanol–water partition coefficient (Wildman–Crippen LogP) is 2.25. The van der Waals surface area contributed by atoms with Crippen molar-refractivity contribution in [1.82, 2.24) is 4.31 Å². The maximum atomic E-state index is 12.5. The number of hydrogen-bond acceptors (Lipinski definition) is 4. The van der Waals surface area contributed by atoms with Gasteiger partial charge in [0.2, 0.25) is 0 Å². The fraction of sp³-hybridized carbons (Fsp3) is 0.214. The maximum Gasteiger partial charge on any atom is 0.425 e. The number of amides is 1. The molecule has 0 N–H and O–H groups in total. The third kappa shape index (κ3) is 2.22. The van der Waals surface area contributed by atoms with Gasteiger partial charge in [-0.1, -0.05) is 30.4 Å². The van der Waals surface area contributed by atoms with E-state index in [-0.39, 0.29) is 4.90 Å². The zero-order valence-electron chi connectivity index (χ0n) is 11.0. The fourth-order valence-corrected chi connectivity index (χ4v) is 3.47. The summed E-state index contributed by atoms with van der Waals surface area (Å²) in [6.07, 6.45) is 1.11. The topological polar surface area (TPSA) is 63.7 Å². The first-order valence-electron chi connectivity index (χ1n) is 5.98. The first-order chi connectivity index (χ1) is 9.41. The van der Waals surface area contributed by atoms with Crippen LogP contribution in [0.15, 0.2) is 54.5 Å². The van der Waals surface area contributed by atoms with Gasteiger partial charge in [0, 0.05) is 0 Å². The number of nitrogens with zero attached hydrogens (tertiary/aromatic N) is 1. The van der Waals surface area contributed by atoms with Crippen molar-refractivity contribution < 1.29 is 17.9 Å². The van der Waals surface area contributed by atoms with Gasteiger partial charge in [0.25, 0.3) is 10.0 Å². The van der Waals surface area contributed by atoms with E-state index in [9.17, 15) is 13.2 Å². The van der Waals surface area contributed by atoms with Gasteiger partial charge in [0.1, 0.15) is 12.1 Å². The van der Waals surface area contributed by atoms with Gasteiger partial charge in [0.15, 0.2) is 0 Å². The number of carbonyl (C=O) groups excluding carboxylic acids is 1. The molecule has 0 radical (unpaired) electrons. The summed E-state index contributed by atoms with van der Waals surface area (Å²) in [5, 5.41) is 0. The lowest BCUT2D eigenvalue weighted by Gasteiger charge is -2.20. The SMILES string of the molecule is C=C[C@@H]1OC(=O)N(S(=O)(=O)c2ccc(C)cc2)[C@H]1C=C. The molecule has 1 heterocycles. The number of ether oxygens (including phenoxy) is 1. The molecular formula is C14H15NO4S. The molecule has 1 amide bonds. The monoisotopic (exact) mass is 293 g/mol. The average molecular weight is 293 g/mol. The van der Waals surface area contributed by atoms with Crippen molar-refractivity contribution in [1.29, 1.82) is 0 Å². The Morgan fingerprint density at radius 2 is 1.80 bits per heavy atom. The molecule has 0 unspecified atom stereocenters. The standard InChI is InChI=1S/C14H15NO4S/c1-4-12-13(5-2)19-14(16)15(12)20(17,18)11-8-6-10(3)7-9-11/h4-9,12-13H,1-2H2,3H3/t12-,13-/m0/s1. The smallest absolute Gasteiger partial charge is 0.425 e. The zero-order valence-corrected chi connectivity index (χ0v) is 11.8. The summed E-state index contributed by atoms with van der Waals surface area (Å²) in [5.74, 6) is 0. The molecule has 1 aromatic carbocycles. The maximum absolute atomic E-state index is 12.5. The van der Waals surface area contributed by atoms with Gasteiger partial charge in [-0.2, -0.15) is 4.31 Å². The third-order valence-electron chi connectivity index (χ3n) is 3.08. The molecule has 1 aromatic rings. The van der Waals surface area contributed by atoms with Crippen LogP contribution >= 0.6 is 0 Å². The van der Waals surface area contributed by atoms with Crippen molar-refractivity contribution in [3.63, 3.8) is 0 Å². The second kappa shape index (κ2) is 5.13. The second-order valence-corrected chi connectivity index (χ2v) is 6.24. The molecule has 5 nitrogen and oxygen atoms in total. The average Bonchev–Trinajstić information content (AvgIpc) is 2.75. The van der Waals surface area contributed by atoms with Crippen molar-refractivity contribution in [2.45, 2.75) is 24.0 Å². The Bertz CT molecular complexity index is 648. The molecule has 20 heavy (non-hydrogen) atoms. The van der Waals surface area contributed by atoms with Crippen LogP contribution in [0.5, 0.6) is 0 Å². The van der Waals surface area contributed by atoms with Gasteiger partial charge in [-0.3, -0.25) is 0 Å². The van der Waals surface area contributed by atoms with Gasteiger partial charge >= 0.3 is 6.09 Å². The van der Waals surface area contributed by atoms with E-state index in [0.29, 0.717) is 4.31 Å². The lowest BCUT2D eigenvalue weighted by atomic mass is 10.2. The van der Waals surface area contributed by atoms with Crippen LogP contribution in [0.3, 0.4) is 0 Å². The summed E-state index contributed by atoms with van der Waals surface area (Å²) in [5.41, 5.74) is 0.928. The molecular weight excluding hydrogens is 278 g/mol. The van der Waals surface area contributed by atoms with E-state index in [1.807, 2.05) is 6.92 Å². The highest BCUT2D eigenvalue weighted by molar-refractivity contribution is 7.89. The second-order valence-electron chi connectivity index (χ2n) is 4.42. The summed E-state index contributed by atoms with van der Waals surface area (Å²) in [6, 6.07) is 5.47. The molecule has 6 heteroatoms. The summed E-state index contributed by atoms with van der Waals surface area (Å²) >= 11 is 0. The van der Waals surface area contributed by atoms with Crippen LogP contribution in [0, 0.1) is 6.92 Å². The number of carbonyl (C=O) groups is 1. The molecule has 0 bridgehead atoms. The van der Waals surface area contributed by atoms with Crippen molar-refractivity contribution in [3.8, 4) is 0 Å². The lowest BCUT2D eigenvalue weighted by Crippen LogP contribution is -2.39. The largest absolute Gasteiger partial charge is 0.439 e. The van der Waals surface area contributed by atoms with Gasteiger partial charge in [-0.15, -0.1) is 6.58 Å². The summed E-state index contributed by atoms with van der Waals surface area (Å²) in [7, 11) is -3.97. The lowest BCUT2D eigenvalue weighted by molar-refractivity contribution is 0.152. The van der Waals surface area contributed by atoms with Gasteiger partial charge < -0.3 is 4.74 Å². The Hall–Kier alpha value is -2.08. The molecule has 2 rings (SSSR count). The zero-order chi connectivity index (χ0) is 14.9. The van der Waals surface area contributed by atoms with Gasteiger partial charge in [-0.25, -0.2) is 13.2 Å². The predicted molar refractivity (Wildman–Crippen MR) is 74.7 cm³/mol. The van der Waals surface area contributed by atoms with Crippen molar-refractivity contribution in [2.75, 3.05) is 0 Å². The summed E-state index contributed by atoms with van der Waals surface area (Å²) < 4.78 is 30.7. The van der Waals surface area contributed by atoms with Crippen LogP contribution in [-0.2, 0) is 14.8 Å². The minimum Gasteiger partial charge on any atom is -0.439 e. The highest BCUT2D eigenvalue weighted by atomic mass is 32.2. The Labute approximate surface area is 118 Å². The Morgan fingerprint density at radius 3 is 2.30 bits per heavy atom. The van der Waals surface area contributed by atoms with Crippen molar-refractivity contribution in [3.05, 3.63) is 55.1 Å². The van der Waals surface area contributed by atoms with E-state index in [1.165, 1.54) is 24.3 Å². The van der Waals surface area contributed by atoms with Crippen LogP contribution in [-0.4, -0.2) is 31.0 Å². The van der Waals surface area contributed by atoms with E-state index in [0.717, 1.165) is 5.56 Å². The van der Waals surface area contributed by atoms with Crippen LogP contribution in [0.2, 0.25) is 0 Å². The molecule has 0 spiro atoms. The highest BCUT2D eigenvalue weighted by Gasteiger charge is 2.46. The minimum atomic E-state index is -3.97. The fourth-order valence-electron chi connectivity index (χ4n) is 1.99. The molecule has 2 atom stereocenters. The molecule has 0 saturated carbocycles. The molecule has 1 aliphatic heterocycles. The number of cyclic esters (lactones) is 1. The van der Waals surface area contributed by atoms with E-state index in [2.05, 4.69) is 13.2 Å². The number of hydrogen-bond donors (Lipinski definition) is 0. The van der Waals surface area contributed by atoms with E-state index >= 15 is 0 Å². The van der Waals surface area contributed by atoms with E-state index in [4.69, 9.17) is 4.74 Å². The molecule has 0 aliphatic carbocycles. The van der Waals surface area contributed by atoms with Crippen LogP contribution in [0.25, 0.3) is 0 Å². The first kappa shape index (κ1) is 14.3. The van der Waals surface area contributed by atoms with Crippen molar-refractivity contribution >= 4 is 16.1 Å². The highest BCUT2D eigenvalue weighted by Crippen LogP contribution is 2.28. The van der Waals surface area contributed by atoms with E-state index < -0.39 is 28.3 Å². The number of rotatable bonds is 4. The van der Waals surface area contributed by atoms with Gasteiger partial charge in [0.05, 0.1) is 4.90 Å². The third-order valence-corrected chi connectivity index (χ3v) is 4.85. The van der Waals surface area contributed by atoms with Crippen LogP contribution < -0.4 is 0 Å². The summed E-state index contributed by atoms with van der Waals surface area (Å²) in [6.45, 7) is 8.94. The van der Waals surface area contributed by atoms with Crippen molar-refractivity contribution in [2.24, 2.45) is 0 Å². The minimum absolute atomic E-state index is 0.0385. The number of sulfonamides is 1. The molecule has 1 fully saturated rings.